The first-order valence-electron chi connectivity index (χ1n) is 4.91. The summed E-state index contributed by atoms with van der Waals surface area (Å²) in [6.45, 7) is 2.43. The average Bonchev–Trinajstić information content (AvgIpc) is 2.21. The van der Waals surface area contributed by atoms with Gasteiger partial charge in [-0.2, -0.15) is 0 Å². The highest BCUT2D eigenvalue weighted by molar-refractivity contribution is 9.10. The second-order valence-electron chi connectivity index (χ2n) is 3.54. The minimum Gasteiger partial charge on any atom is -0.318 e. The van der Waals surface area contributed by atoms with Gasteiger partial charge < -0.3 is 10.2 Å². The average molecular weight is 275 g/mol. The molecule has 2 nitrogen and oxygen atoms in total. The van der Waals surface area contributed by atoms with E-state index in [1.165, 1.54) is 6.07 Å². The minimum absolute atomic E-state index is 0.152. The summed E-state index contributed by atoms with van der Waals surface area (Å²) in [4.78, 5) is 2.08. The molecule has 0 aliphatic rings. The summed E-state index contributed by atoms with van der Waals surface area (Å²) in [5.41, 5.74) is 0.719. The molecule has 1 aromatic carbocycles. The Morgan fingerprint density at radius 3 is 2.80 bits per heavy atom. The van der Waals surface area contributed by atoms with E-state index in [1.54, 1.807) is 6.07 Å². The van der Waals surface area contributed by atoms with Crippen LogP contribution in [0.2, 0.25) is 0 Å². The topological polar surface area (TPSA) is 15.3 Å². The summed E-state index contributed by atoms with van der Waals surface area (Å²) in [5.74, 6) is -0.152. The van der Waals surface area contributed by atoms with Crippen molar-refractivity contribution < 1.29 is 4.39 Å². The van der Waals surface area contributed by atoms with E-state index in [-0.39, 0.29) is 5.82 Å². The molecule has 0 aliphatic heterocycles. The van der Waals surface area contributed by atoms with Crippen LogP contribution in [0, 0.1) is 5.82 Å². The number of nitrogens with zero attached hydrogens (tertiary/aromatic N) is 1. The molecule has 1 aromatic rings. The third-order valence-electron chi connectivity index (χ3n) is 2.23. The van der Waals surface area contributed by atoms with E-state index in [2.05, 4.69) is 26.1 Å². The van der Waals surface area contributed by atoms with E-state index in [0.717, 1.165) is 23.1 Å². The number of likely N-dealkylation sites (N-methyl/N-ethyl adjacent to an activating group) is 2. The minimum atomic E-state index is -0.152. The number of halogens is 2. The Kier molecular flexibility index (Phi) is 5.22. The van der Waals surface area contributed by atoms with E-state index in [0.29, 0.717) is 6.54 Å². The van der Waals surface area contributed by atoms with E-state index < -0.39 is 0 Å². The maximum Gasteiger partial charge on any atom is 0.128 e. The molecule has 0 spiro atoms. The summed E-state index contributed by atoms with van der Waals surface area (Å²) >= 11 is 3.36. The van der Waals surface area contributed by atoms with Gasteiger partial charge in [-0.25, -0.2) is 4.39 Å². The van der Waals surface area contributed by atoms with Crippen molar-refractivity contribution >= 4 is 15.9 Å². The zero-order valence-corrected chi connectivity index (χ0v) is 10.6. The van der Waals surface area contributed by atoms with Gasteiger partial charge in [0.05, 0.1) is 0 Å². The lowest BCUT2D eigenvalue weighted by molar-refractivity contribution is 0.322. The quantitative estimate of drug-likeness (QED) is 0.886. The Morgan fingerprint density at radius 2 is 2.20 bits per heavy atom. The molecule has 0 bridgehead atoms. The van der Waals surface area contributed by atoms with Crippen LogP contribution >= 0.6 is 15.9 Å². The lowest BCUT2D eigenvalue weighted by Crippen LogP contribution is -2.27. The van der Waals surface area contributed by atoms with Crippen molar-refractivity contribution in [2.24, 2.45) is 0 Å². The number of hydrogen-bond acceptors (Lipinski definition) is 2. The van der Waals surface area contributed by atoms with E-state index in [9.17, 15) is 4.39 Å². The molecule has 0 amide bonds. The normalized spacial score (nSPS) is 11.0. The first kappa shape index (κ1) is 12.6. The third kappa shape index (κ3) is 3.89. The fraction of sp³-hybridized carbons (Fsp3) is 0.455. The number of nitrogens with one attached hydrogen (secondary N) is 1. The van der Waals surface area contributed by atoms with E-state index >= 15 is 0 Å². The Bertz CT molecular complexity index is 297. The van der Waals surface area contributed by atoms with Crippen molar-refractivity contribution in [2.45, 2.75) is 6.54 Å². The molecule has 1 N–H and O–H groups in total. The largest absolute Gasteiger partial charge is 0.318 e. The van der Waals surface area contributed by atoms with Crippen LogP contribution in [0.5, 0.6) is 0 Å². The van der Waals surface area contributed by atoms with Gasteiger partial charge in [-0.15, -0.1) is 0 Å². The number of rotatable bonds is 5. The monoisotopic (exact) mass is 274 g/mol. The van der Waals surface area contributed by atoms with E-state index in [4.69, 9.17) is 0 Å². The van der Waals surface area contributed by atoms with Crippen molar-refractivity contribution in [2.75, 3.05) is 27.2 Å². The Balaban J connectivity index is 2.63. The summed E-state index contributed by atoms with van der Waals surface area (Å²) in [6.07, 6.45) is 0. The smallest absolute Gasteiger partial charge is 0.128 e. The Labute approximate surface area is 98.6 Å². The Hall–Kier alpha value is -0.450. The van der Waals surface area contributed by atoms with Crippen molar-refractivity contribution in [3.05, 3.63) is 34.1 Å². The number of hydrogen-bond donors (Lipinski definition) is 1. The van der Waals surface area contributed by atoms with Gasteiger partial charge in [-0.1, -0.05) is 22.0 Å². The summed E-state index contributed by atoms with van der Waals surface area (Å²) < 4.78 is 14.3. The fourth-order valence-corrected chi connectivity index (χ4v) is 1.80. The molecule has 0 aliphatic carbocycles. The van der Waals surface area contributed by atoms with Gasteiger partial charge in [-0.3, -0.25) is 0 Å². The molecule has 15 heavy (non-hydrogen) atoms. The molecule has 4 heteroatoms. The summed E-state index contributed by atoms with van der Waals surface area (Å²) in [5, 5.41) is 3.07. The van der Waals surface area contributed by atoms with Crippen molar-refractivity contribution in [1.29, 1.82) is 0 Å². The highest BCUT2D eigenvalue weighted by Gasteiger charge is 2.08. The maximum atomic E-state index is 13.5. The van der Waals surface area contributed by atoms with Gasteiger partial charge in [0.1, 0.15) is 5.82 Å². The van der Waals surface area contributed by atoms with Crippen LogP contribution < -0.4 is 5.32 Å². The van der Waals surface area contributed by atoms with Crippen molar-refractivity contribution in [3.63, 3.8) is 0 Å². The van der Waals surface area contributed by atoms with Crippen molar-refractivity contribution in [3.8, 4) is 0 Å². The molecular formula is C11H16BrFN2. The van der Waals surface area contributed by atoms with Gasteiger partial charge in [0.2, 0.25) is 0 Å². The van der Waals surface area contributed by atoms with Gasteiger partial charge in [0.25, 0.3) is 0 Å². The zero-order chi connectivity index (χ0) is 11.3. The maximum absolute atomic E-state index is 13.5. The molecule has 0 heterocycles. The van der Waals surface area contributed by atoms with Gasteiger partial charge in [0.15, 0.2) is 0 Å². The first-order valence-corrected chi connectivity index (χ1v) is 5.70. The molecule has 84 valence electrons. The molecule has 0 saturated heterocycles. The lowest BCUT2D eigenvalue weighted by Gasteiger charge is -2.17. The van der Waals surface area contributed by atoms with Crippen LogP contribution in [0.1, 0.15) is 5.56 Å². The van der Waals surface area contributed by atoms with Crippen LogP contribution in [0.3, 0.4) is 0 Å². The lowest BCUT2D eigenvalue weighted by atomic mass is 10.2. The molecule has 0 aromatic heterocycles. The second-order valence-corrected chi connectivity index (χ2v) is 4.40. The number of benzene rings is 1. The summed E-state index contributed by atoms with van der Waals surface area (Å²) in [7, 11) is 3.89. The standard InChI is InChI=1S/C11H16BrFN2/c1-14-6-7-15(2)8-9-10(12)4-3-5-11(9)13/h3-5,14H,6-8H2,1-2H3. The first-order chi connectivity index (χ1) is 7.15. The molecular weight excluding hydrogens is 259 g/mol. The SMILES string of the molecule is CNCCN(C)Cc1c(F)cccc1Br. The van der Waals surface area contributed by atoms with Crippen LogP contribution in [0.25, 0.3) is 0 Å². The van der Waals surface area contributed by atoms with E-state index in [1.807, 2.05) is 20.2 Å². The molecule has 0 atom stereocenters. The second kappa shape index (κ2) is 6.20. The highest BCUT2D eigenvalue weighted by atomic mass is 79.9. The summed E-state index contributed by atoms with van der Waals surface area (Å²) in [6, 6.07) is 5.06. The van der Waals surface area contributed by atoms with Gasteiger partial charge in [0, 0.05) is 29.7 Å². The fourth-order valence-electron chi connectivity index (χ4n) is 1.34. The van der Waals surface area contributed by atoms with Crippen LogP contribution in [0.4, 0.5) is 4.39 Å². The van der Waals surface area contributed by atoms with Crippen LogP contribution in [0.15, 0.2) is 22.7 Å². The van der Waals surface area contributed by atoms with Gasteiger partial charge in [-0.05, 0) is 26.2 Å². The van der Waals surface area contributed by atoms with Crippen molar-refractivity contribution in [1.82, 2.24) is 10.2 Å². The molecule has 0 fully saturated rings. The molecule has 1 rings (SSSR count). The van der Waals surface area contributed by atoms with Crippen LogP contribution in [-0.4, -0.2) is 32.1 Å². The highest BCUT2D eigenvalue weighted by Crippen LogP contribution is 2.20. The predicted octanol–water partition coefficient (Wildman–Crippen LogP) is 2.24. The van der Waals surface area contributed by atoms with Crippen LogP contribution in [-0.2, 0) is 6.54 Å². The van der Waals surface area contributed by atoms with Gasteiger partial charge >= 0.3 is 0 Å². The Morgan fingerprint density at radius 1 is 1.47 bits per heavy atom. The zero-order valence-electron chi connectivity index (χ0n) is 9.06. The predicted molar refractivity (Wildman–Crippen MR) is 64.4 cm³/mol. The molecule has 0 unspecified atom stereocenters. The molecule has 0 radical (unpaired) electrons. The third-order valence-corrected chi connectivity index (χ3v) is 2.98. The molecule has 0 saturated carbocycles.